The molecular formula is C25H21NO4S. The van der Waals surface area contributed by atoms with Gasteiger partial charge >= 0.3 is 5.97 Å². The first kappa shape index (κ1) is 20.8. The summed E-state index contributed by atoms with van der Waals surface area (Å²) in [6, 6.07) is 27.9. The maximum absolute atomic E-state index is 12.3. The Hall–Kier alpha value is -3.48. The van der Waals surface area contributed by atoms with Gasteiger partial charge < -0.3 is 5.11 Å². The summed E-state index contributed by atoms with van der Waals surface area (Å²) in [5.74, 6) is -0.944. The lowest BCUT2D eigenvalue weighted by Gasteiger charge is -2.22. The van der Waals surface area contributed by atoms with E-state index < -0.39 is 17.2 Å². The van der Waals surface area contributed by atoms with E-state index in [0.29, 0.717) is 24.2 Å². The summed E-state index contributed by atoms with van der Waals surface area (Å²) in [6.45, 7) is 0. The molecule has 1 atom stereocenters. The topological polar surface area (TPSA) is 77.8 Å². The smallest absolute Gasteiger partial charge is 0.335 e. The Morgan fingerprint density at radius 1 is 0.806 bits per heavy atom. The van der Waals surface area contributed by atoms with Gasteiger partial charge in [0.1, 0.15) is 0 Å². The van der Waals surface area contributed by atoms with Gasteiger partial charge in [-0.15, -0.1) is 0 Å². The fourth-order valence-electron chi connectivity index (χ4n) is 3.69. The zero-order chi connectivity index (χ0) is 21.8. The van der Waals surface area contributed by atoms with Crippen molar-refractivity contribution in [3.63, 3.8) is 0 Å². The number of carbonyl (C=O) groups is 1. The third-order valence-electron chi connectivity index (χ3n) is 5.16. The zero-order valence-corrected chi connectivity index (χ0v) is 17.5. The van der Waals surface area contributed by atoms with Crippen molar-refractivity contribution in [2.75, 3.05) is 4.31 Å². The second kappa shape index (κ2) is 9.12. The molecule has 0 aliphatic carbocycles. The number of nitrogens with zero attached hydrogens (tertiary/aromatic N) is 1. The Morgan fingerprint density at radius 2 is 1.45 bits per heavy atom. The van der Waals surface area contributed by atoms with Gasteiger partial charge in [0.2, 0.25) is 0 Å². The number of aromatic carboxylic acids is 1. The predicted octanol–water partition coefficient (Wildman–Crippen LogP) is 5.60. The summed E-state index contributed by atoms with van der Waals surface area (Å²) >= 11 is -2.25. The van der Waals surface area contributed by atoms with Gasteiger partial charge in [-0.3, -0.25) is 4.55 Å². The molecule has 0 aliphatic heterocycles. The number of hydrogen-bond acceptors (Lipinski definition) is 2. The normalized spacial score (nSPS) is 11.9. The third kappa shape index (κ3) is 4.66. The Kier molecular flexibility index (Phi) is 6.11. The first-order chi connectivity index (χ1) is 15.0. The molecule has 0 heterocycles. The molecule has 6 heteroatoms. The molecular weight excluding hydrogens is 410 g/mol. The van der Waals surface area contributed by atoms with E-state index in [1.165, 1.54) is 4.31 Å². The summed E-state index contributed by atoms with van der Waals surface area (Å²) in [6.07, 6.45) is 1.35. The summed E-state index contributed by atoms with van der Waals surface area (Å²) in [4.78, 5) is 11.2. The number of rotatable bonds is 7. The van der Waals surface area contributed by atoms with Gasteiger partial charge in [0.25, 0.3) is 11.3 Å². The van der Waals surface area contributed by atoms with Crippen molar-refractivity contribution in [3.8, 4) is 0 Å². The van der Waals surface area contributed by atoms with Crippen molar-refractivity contribution in [1.82, 2.24) is 0 Å². The van der Waals surface area contributed by atoms with Crippen molar-refractivity contribution < 1.29 is 18.7 Å². The third-order valence-corrected chi connectivity index (χ3v) is 5.88. The van der Waals surface area contributed by atoms with Crippen LogP contribution < -0.4 is 4.31 Å². The van der Waals surface area contributed by atoms with E-state index in [9.17, 15) is 13.6 Å². The van der Waals surface area contributed by atoms with Crippen LogP contribution >= 0.6 is 0 Å². The summed E-state index contributed by atoms with van der Waals surface area (Å²) in [5.41, 5.74) is 3.47. The average molecular weight is 432 g/mol. The number of anilines is 2. The maximum atomic E-state index is 12.3. The van der Waals surface area contributed by atoms with Crippen molar-refractivity contribution in [3.05, 3.63) is 108 Å². The SMILES string of the molecule is O=C(O)c1cccc(CCc2cccc(N(c3cccc4ccccc34)S(=O)O)c2)c1. The number of fused-ring (bicyclic) bond motifs is 1. The van der Waals surface area contributed by atoms with E-state index in [0.717, 1.165) is 21.9 Å². The highest BCUT2D eigenvalue weighted by molar-refractivity contribution is 7.81. The molecule has 0 saturated carbocycles. The van der Waals surface area contributed by atoms with Crippen LogP contribution in [0.4, 0.5) is 11.4 Å². The number of carboxylic acid groups (broad SMARTS) is 1. The highest BCUT2D eigenvalue weighted by atomic mass is 32.2. The lowest BCUT2D eigenvalue weighted by molar-refractivity contribution is 0.0696. The van der Waals surface area contributed by atoms with Crippen LogP contribution in [0.15, 0.2) is 91.0 Å². The quantitative estimate of drug-likeness (QED) is 0.374. The lowest BCUT2D eigenvalue weighted by Crippen LogP contribution is -2.19. The van der Waals surface area contributed by atoms with E-state index in [1.807, 2.05) is 72.8 Å². The molecule has 0 aliphatic rings. The first-order valence-corrected chi connectivity index (χ1v) is 10.9. The molecule has 0 fully saturated rings. The Morgan fingerprint density at radius 3 is 2.19 bits per heavy atom. The van der Waals surface area contributed by atoms with Crippen LogP contribution in [0.3, 0.4) is 0 Å². The molecule has 4 aromatic rings. The number of hydrogen-bond donors (Lipinski definition) is 2. The van der Waals surface area contributed by atoms with Crippen molar-refractivity contribution in [1.29, 1.82) is 0 Å². The minimum absolute atomic E-state index is 0.268. The monoisotopic (exact) mass is 431 g/mol. The summed E-state index contributed by atoms with van der Waals surface area (Å²) in [7, 11) is 0. The van der Waals surface area contributed by atoms with Crippen LogP contribution in [-0.2, 0) is 24.1 Å². The molecule has 5 nitrogen and oxygen atoms in total. The standard InChI is InChI=1S/C25H21NO4S/c27-25(28)21-10-3-6-18(16-21)14-15-19-7-4-11-22(17-19)26(31(29)30)24-13-5-9-20-8-1-2-12-23(20)24/h1-13,16-17H,14-15H2,(H,27,28)(H,29,30). The van der Waals surface area contributed by atoms with Crippen LogP contribution in [0.1, 0.15) is 21.5 Å². The molecule has 4 aromatic carbocycles. The molecule has 4 rings (SSSR count). The zero-order valence-electron chi connectivity index (χ0n) is 16.6. The van der Waals surface area contributed by atoms with Gasteiger partial charge in [0.05, 0.1) is 16.9 Å². The predicted molar refractivity (Wildman–Crippen MR) is 124 cm³/mol. The molecule has 0 spiro atoms. The van der Waals surface area contributed by atoms with Crippen LogP contribution in [0, 0.1) is 0 Å². The molecule has 0 amide bonds. The van der Waals surface area contributed by atoms with Gasteiger partial charge in [-0.25, -0.2) is 13.3 Å². The van der Waals surface area contributed by atoms with Gasteiger partial charge in [0, 0.05) is 5.39 Å². The van der Waals surface area contributed by atoms with E-state index in [1.54, 1.807) is 18.2 Å². The second-order valence-corrected chi connectivity index (χ2v) is 8.03. The van der Waals surface area contributed by atoms with E-state index >= 15 is 0 Å². The highest BCUT2D eigenvalue weighted by Crippen LogP contribution is 2.33. The highest BCUT2D eigenvalue weighted by Gasteiger charge is 2.18. The summed E-state index contributed by atoms with van der Waals surface area (Å²) in [5, 5.41) is 11.1. The molecule has 2 N–H and O–H groups in total. The number of aryl methyl sites for hydroxylation is 2. The average Bonchev–Trinajstić information content (AvgIpc) is 2.78. The Labute approximate surface area is 183 Å². The van der Waals surface area contributed by atoms with E-state index in [-0.39, 0.29) is 5.56 Å². The van der Waals surface area contributed by atoms with Gasteiger partial charge in [-0.2, -0.15) is 0 Å². The molecule has 0 radical (unpaired) electrons. The minimum Gasteiger partial charge on any atom is -0.478 e. The van der Waals surface area contributed by atoms with Crippen LogP contribution in [0.5, 0.6) is 0 Å². The van der Waals surface area contributed by atoms with E-state index in [2.05, 4.69) is 0 Å². The summed E-state index contributed by atoms with van der Waals surface area (Å²) < 4.78 is 23.8. The van der Waals surface area contributed by atoms with Crippen molar-refractivity contribution in [2.24, 2.45) is 0 Å². The van der Waals surface area contributed by atoms with E-state index in [4.69, 9.17) is 5.11 Å². The fourth-order valence-corrected chi connectivity index (χ4v) is 4.31. The molecule has 0 aromatic heterocycles. The van der Waals surface area contributed by atoms with Gasteiger partial charge in [0.15, 0.2) is 0 Å². The van der Waals surface area contributed by atoms with Crippen molar-refractivity contribution >= 4 is 39.4 Å². The lowest BCUT2D eigenvalue weighted by atomic mass is 10.0. The van der Waals surface area contributed by atoms with Crippen molar-refractivity contribution in [2.45, 2.75) is 12.8 Å². The van der Waals surface area contributed by atoms with Crippen LogP contribution in [0.25, 0.3) is 10.8 Å². The Bertz CT molecular complexity index is 1270. The number of carboxylic acids is 1. The van der Waals surface area contributed by atoms with Gasteiger partial charge in [-0.05, 0) is 59.7 Å². The number of benzene rings is 4. The fraction of sp³-hybridized carbons (Fsp3) is 0.0800. The molecule has 0 bridgehead atoms. The minimum atomic E-state index is -2.25. The molecule has 1 unspecified atom stereocenters. The first-order valence-electron chi connectivity index (χ1n) is 9.83. The van der Waals surface area contributed by atoms with Crippen LogP contribution in [-0.4, -0.2) is 19.8 Å². The second-order valence-electron chi connectivity index (χ2n) is 7.20. The molecule has 31 heavy (non-hydrogen) atoms. The molecule has 156 valence electrons. The maximum Gasteiger partial charge on any atom is 0.335 e. The van der Waals surface area contributed by atoms with Crippen LogP contribution in [0.2, 0.25) is 0 Å². The van der Waals surface area contributed by atoms with Gasteiger partial charge in [-0.1, -0.05) is 60.7 Å². The molecule has 0 saturated heterocycles. The Balaban J connectivity index is 1.63. The largest absolute Gasteiger partial charge is 0.478 e.